The summed E-state index contributed by atoms with van der Waals surface area (Å²) in [7, 11) is 3.30. The molecule has 2 amide bonds. The molecule has 1 fully saturated rings. The number of nitrogens with one attached hydrogen (secondary N) is 1. The van der Waals surface area contributed by atoms with Gasteiger partial charge in [0.1, 0.15) is 11.9 Å². The Morgan fingerprint density at radius 1 is 1.30 bits per heavy atom. The molecule has 23 heavy (non-hydrogen) atoms. The Morgan fingerprint density at radius 3 is 2.52 bits per heavy atom. The topological polar surface area (TPSA) is 52.7 Å². The number of carbonyl (C=O) groups excluding carboxylic acids is 2. The number of rotatable bonds is 7. The summed E-state index contributed by atoms with van der Waals surface area (Å²) in [5, 5.41) is 2.71. The first-order chi connectivity index (χ1) is 10.9. The summed E-state index contributed by atoms with van der Waals surface area (Å²) >= 11 is 0. The highest BCUT2D eigenvalue weighted by Gasteiger charge is 2.31. The van der Waals surface area contributed by atoms with Gasteiger partial charge in [-0.25, -0.2) is 4.39 Å². The number of hydrogen-bond donors (Lipinski definition) is 1. The Kier molecular flexibility index (Phi) is 5.71. The molecule has 0 radical (unpaired) electrons. The zero-order chi connectivity index (χ0) is 17.0. The smallest absolute Gasteiger partial charge is 0.244 e. The van der Waals surface area contributed by atoms with E-state index in [0.29, 0.717) is 18.2 Å². The highest BCUT2D eigenvalue weighted by atomic mass is 19.1. The normalized spacial score (nSPS) is 15.3. The molecular formula is C17H24FN3O2. The van der Waals surface area contributed by atoms with Crippen molar-refractivity contribution in [3.8, 4) is 0 Å². The van der Waals surface area contributed by atoms with Gasteiger partial charge in [-0.05, 0) is 25.8 Å². The van der Waals surface area contributed by atoms with Gasteiger partial charge in [-0.15, -0.1) is 0 Å². The van der Waals surface area contributed by atoms with Crippen LogP contribution in [0, 0.1) is 5.82 Å². The van der Waals surface area contributed by atoms with Crippen molar-refractivity contribution in [3.05, 3.63) is 35.6 Å². The van der Waals surface area contributed by atoms with Crippen LogP contribution in [0.15, 0.2) is 24.3 Å². The second kappa shape index (κ2) is 7.55. The minimum atomic E-state index is -0.563. The third-order valence-electron chi connectivity index (χ3n) is 3.93. The van der Waals surface area contributed by atoms with Crippen LogP contribution in [0.3, 0.4) is 0 Å². The van der Waals surface area contributed by atoms with Gasteiger partial charge in [0.05, 0.1) is 6.54 Å². The number of hydrogen-bond acceptors (Lipinski definition) is 3. The van der Waals surface area contributed by atoms with Gasteiger partial charge >= 0.3 is 0 Å². The molecule has 1 N–H and O–H groups in total. The first kappa shape index (κ1) is 17.4. The number of benzene rings is 1. The SMILES string of the molecule is CC(NC(=O)CN(Cc1ccccc1F)C1CC1)C(=O)N(C)C. The largest absolute Gasteiger partial charge is 0.347 e. The van der Waals surface area contributed by atoms with Crippen LogP contribution in [-0.2, 0) is 16.1 Å². The lowest BCUT2D eigenvalue weighted by Crippen LogP contribution is -2.47. The molecule has 1 aromatic carbocycles. The molecule has 0 aromatic heterocycles. The highest BCUT2D eigenvalue weighted by Crippen LogP contribution is 2.28. The monoisotopic (exact) mass is 321 g/mol. The van der Waals surface area contributed by atoms with Crippen molar-refractivity contribution in [3.63, 3.8) is 0 Å². The lowest BCUT2D eigenvalue weighted by molar-refractivity contribution is -0.134. The summed E-state index contributed by atoms with van der Waals surface area (Å²) in [6, 6.07) is 6.37. The summed E-state index contributed by atoms with van der Waals surface area (Å²) < 4.78 is 13.8. The zero-order valence-electron chi connectivity index (χ0n) is 13.9. The van der Waals surface area contributed by atoms with Crippen molar-refractivity contribution in [2.75, 3.05) is 20.6 Å². The molecule has 1 aromatic rings. The van der Waals surface area contributed by atoms with Crippen LogP contribution in [0.4, 0.5) is 4.39 Å². The maximum atomic E-state index is 13.8. The van der Waals surface area contributed by atoms with Crippen molar-refractivity contribution >= 4 is 11.8 Å². The molecule has 126 valence electrons. The Balaban J connectivity index is 1.93. The van der Waals surface area contributed by atoms with E-state index in [1.54, 1.807) is 39.2 Å². The molecule has 6 heteroatoms. The van der Waals surface area contributed by atoms with E-state index in [1.807, 2.05) is 4.90 Å². The number of nitrogens with zero attached hydrogens (tertiary/aromatic N) is 2. The molecule has 1 aliphatic rings. The van der Waals surface area contributed by atoms with Crippen LogP contribution < -0.4 is 5.32 Å². The van der Waals surface area contributed by atoms with Crippen LogP contribution in [0.1, 0.15) is 25.3 Å². The van der Waals surface area contributed by atoms with Gasteiger partial charge in [0.15, 0.2) is 0 Å². The third-order valence-corrected chi connectivity index (χ3v) is 3.93. The minimum absolute atomic E-state index is 0.148. The van der Waals surface area contributed by atoms with E-state index >= 15 is 0 Å². The molecule has 0 spiro atoms. The second-order valence-electron chi connectivity index (χ2n) is 6.25. The average molecular weight is 321 g/mol. The predicted molar refractivity (Wildman–Crippen MR) is 86.1 cm³/mol. The van der Waals surface area contributed by atoms with Gasteiger partial charge in [0.25, 0.3) is 0 Å². The first-order valence-electron chi connectivity index (χ1n) is 7.86. The molecule has 0 heterocycles. The van der Waals surface area contributed by atoms with Gasteiger partial charge < -0.3 is 10.2 Å². The Hall–Kier alpha value is -1.95. The highest BCUT2D eigenvalue weighted by molar-refractivity contribution is 5.87. The van der Waals surface area contributed by atoms with Crippen molar-refractivity contribution < 1.29 is 14.0 Å². The Bertz CT molecular complexity index is 573. The fourth-order valence-corrected chi connectivity index (χ4v) is 2.52. The van der Waals surface area contributed by atoms with E-state index in [-0.39, 0.29) is 24.2 Å². The molecule has 1 aliphatic carbocycles. The summed E-state index contributed by atoms with van der Waals surface area (Å²) in [5.74, 6) is -0.615. The summed E-state index contributed by atoms with van der Waals surface area (Å²) in [6.07, 6.45) is 2.04. The van der Waals surface area contributed by atoms with Crippen molar-refractivity contribution in [1.29, 1.82) is 0 Å². The summed E-state index contributed by atoms with van der Waals surface area (Å²) in [4.78, 5) is 27.4. The van der Waals surface area contributed by atoms with E-state index < -0.39 is 6.04 Å². The molecule has 2 rings (SSSR count). The summed E-state index contributed by atoms with van der Waals surface area (Å²) in [6.45, 7) is 2.24. The van der Waals surface area contributed by atoms with E-state index in [0.717, 1.165) is 12.8 Å². The number of amides is 2. The molecular weight excluding hydrogens is 297 g/mol. The quantitative estimate of drug-likeness (QED) is 0.825. The molecule has 0 bridgehead atoms. The summed E-state index contributed by atoms with van der Waals surface area (Å²) in [5.41, 5.74) is 0.588. The Labute approximate surface area is 136 Å². The zero-order valence-corrected chi connectivity index (χ0v) is 13.9. The van der Waals surface area contributed by atoms with Crippen molar-refractivity contribution in [2.24, 2.45) is 0 Å². The lowest BCUT2D eigenvalue weighted by atomic mass is 10.2. The van der Waals surface area contributed by atoms with Gasteiger partial charge in [-0.2, -0.15) is 0 Å². The van der Waals surface area contributed by atoms with E-state index in [2.05, 4.69) is 5.32 Å². The van der Waals surface area contributed by atoms with Crippen LogP contribution in [0.2, 0.25) is 0 Å². The van der Waals surface area contributed by atoms with Crippen LogP contribution in [0.5, 0.6) is 0 Å². The van der Waals surface area contributed by atoms with Crippen molar-refractivity contribution in [1.82, 2.24) is 15.1 Å². The molecule has 0 aliphatic heterocycles. The lowest BCUT2D eigenvalue weighted by Gasteiger charge is -2.23. The van der Waals surface area contributed by atoms with E-state index in [9.17, 15) is 14.0 Å². The number of carbonyl (C=O) groups is 2. The van der Waals surface area contributed by atoms with Gasteiger partial charge in [-0.3, -0.25) is 14.5 Å². The van der Waals surface area contributed by atoms with Crippen molar-refractivity contribution in [2.45, 2.75) is 38.4 Å². The van der Waals surface area contributed by atoms with Gasteiger partial charge in [-0.1, -0.05) is 18.2 Å². The van der Waals surface area contributed by atoms with E-state index in [1.165, 1.54) is 11.0 Å². The van der Waals surface area contributed by atoms with Gasteiger partial charge in [0.2, 0.25) is 11.8 Å². The third kappa shape index (κ3) is 5.03. The fourth-order valence-electron chi connectivity index (χ4n) is 2.52. The second-order valence-corrected chi connectivity index (χ2v) is 6.25. The number of halogens is 1. The Morgan fingerprint density at radius 2 is 1.96 bits per heavy atom. The molecule has 1 unspecified atom stereocenters. The van der Waals surface area contributed by atoms with Crippen LogP contribution in [-0.4, -0.2) is 54.3 Å². The fraction of sp³-hybridized carbons (Fsp3) is 0.529. The van der Waals surface area contributed by atoms with Crippen LogP contribution in [0.25, 0.3) is 0 Å². The van der Waals surface area contributed by atoms with Crippen LogP contribution >= 0.6 is 0 Å². The maximum absolute atomic E-state index is 13.8. The predicted octanol–water partition coefficient (Wildman–Crippen LogP) is 1.38. The van der Waals surface area contributed by atoms with Gasteiger partial charge in [0, 0.05) is 32.2 Å². The molecule has 5 nitrogen and oxygen atoms in total. The number of likely N-dealkylation sites (N-methyl/N-ethyl adjacent to an activating group) is 1. The first-order valence-corrected chi connectivity index (χ1v) is 7.86. The molecule has 1 saturated carbocycles. The average Bonchev–Trinajstić information content (AvgIpc) is 3.32. The van der Waals surface area contributed by atoms with E-state index in [4.69, 9.17) is 0 Å². The molecule has 0 saturated heterocycles. The standard InChI is InChI=1S/C17H24FN3O2/c1-12(17(23)20(2)3)19-16(22)11-21(14-8-9-14)10-13-6-4-5-7-15(13)18/h4-7,12,14H,8-11H2,1-3H3,(H,19,22). The minimum Gasteiger partial charge on any atom is -0.347 e. The molecule has 1 atom stereocenters. The maximum Gasteiger partial charge on any atom is 0.244 e.